The normalized spacial score (nSPS) is 37.2. The second-order valence-electron chi connectivity index (χ2n) is 6.21. The summed E-state index contributed by atoms with van der Waals surface area (Å²) in [5.41, 5.74) is 0.253. The van der Waals surface area contributed by atoms with E-state index in [1.807, 2.05) is 67.6 Å². The molecule has 0 aromatic heterocycles. The fourth-order valence-electron chi connectivity index (χ4n) is 3.48. The van der Waals surface area contributed by atoms with Gasteiger partial charge in [0, 0.05) is 5.56 Å². The molecule has 2 heterocycles. The first-order valence-corrected chi connectivity index (χ1v) is 7.49. The molecular formula is C18H19NO3. The second-order valence-corrected chi connectivity index (χ2v) is 6.21. The molecule has 3 atom stereocenters. The van der Waals surface area contributed by atoms with Crippen molar-refractivity contribution in [3.8, 4) is 0 Å². The highest BCUT2D eigenvalue weighted by molar-refractivity contribution is 5.36. The summed E-state index contributed by atoms with van der Waals surface area (Å²) in [4.78, 5) is 0. The van der Waals surface area contributed by atoms with Gasteiger partial charge in [0.1, 0.15) is 11.3 Å². The van der Waals surface area contributed by atoms with E-state index in [2.05, 4.69) is 5.32 Å². The fourth-order valence-corrected chi connectivity index (χ4v) is 3.48. The topological polar surface area (TPSA) is 50.7 Å². The minimum absolute atomic E-state index is 0.285. The van der Waals surface area contributed by atoms with Crippen molar-refractivity contribution in [3.63, 3.8) is 0 Å². The van der Waals surface area contributed by atoms with E-state index in [0.717, 1.165) is 11.1 Å². The van der Waals surface area contributed by atoms with E-state index in [4.69, 9.17) is 9.47 Å². The molecule has 2 aliphatic rings. The van der Waals surface area contributed by atoms with Crippen LogP contribution in [0.5, 0.6) is 0 Å². The maximum Gasteiger partial charge on any atom is 0.218 e. The van der Waals surface area contributed by atoms with Crippen molar-refractivity contribution in [2.24, 2.45) is 0 Å². The number of hydrogen-bond donors (Lipinski definition) is 2. The van der Waals surface area contributed by atoms with E-state index in [1.165, 1.54) is 0 Å². The first-order valence-electron chi connectivity index (χ1n) is 7.49. The van der Waals surface area contributed by atoms with E-state index in [0.29, 0.717) is 6.61 Å². The molecule has 0 unspecified atom stereocenters. The number of ether oxygens (including phenoxy) is 2. The predicted molar refractivity (Wildman–Crippen MR) is 81.9 cm³/mol. The summed E-state index contributed by atoms with van der Waals surface area (Å²) in [5, 5.41) is 15.0. The van der Waals surface area contributed by atoms with Crippen molar-refractivity contribution < 1.29 is 14.6 Å². The first kappa shape index (κ1) is 13.9. The van der Waals surface area contributed by atoms with E-state index in [1.54, 1.807) is 0 Å². The molecule has 0 spiro atoms. The van der Waals surface area contributed by atoms with Crippen LogP contribution in [0.15, 0.2) is 60.7 Å². The Morgan fingerprint density at radius 1 is 0.864 bits per heavy atom. The van der Waals surface area contributed by atoms with Crippen LogP contribution in [-0.4, -0.2) is 24.0 Å². The Morgan fingerprint density at radius 3 is 2.09 bits per heavy atom. The van der Waals surface area contributed by atoms with Gasteiger partial charge >= 0.3 is 0 Å². The SMILES string of the molecule is C[C@@]12CO[C@](O)(c3ccccc3)[C@@](c3ccccc3)(CO1)N2. The number of hydrogen-bond acceptors (Lipinski definition) is 4. The number of benzene rings is 2. The van der Waals surface area contributed by atoms with Crippen molar-refractivity contribution in [2.45, 2.75) is 24.0 Å². The summed E-state index contributed by atoms with van der Waals surface area (Å²) < 4.78 is 11.9. The molecule has 0 saturated carbocycles. The van der Waals surface area contributed by atoms with Gasteiger partial charge in [0.25, 0.3) is 0 Å². The number of aliphatic hydroxyl groups is 1. The summed E-state index contributed by atoms with van der Waals surface area (Å²) in [6.45, 7) is 2.58. The Hall–Kier alpha value is -1.72. The molecule has 2 bridgehead atoms. The van der Waals surface area contributed by atoms with E-state index < -0.39 is 17.1 Å². The van der Waals surface area contributed by atoms with Gasteiger partial charge in [-0.3, -0.25) is 5.32 Å². The van der Waals surface area contributed by atoms with Crippen LogP contribution in [0.4, 0.5) is 0 Å². The third kappa shape index (κ3) is 1.79. The van der Waals surface area contributed by atoms with Gasteiger partial charge in [0.05, 0.1) is 13.2 Å². The molecule has 2 aromatic rings. The second kappa shape index (κ2) is 4.64. The summed E-state index contributed by atoms with van der Waals surface area (Å²) in [6, 6.07) is 19.4. The largest absolute Gasteiger partial charge is 0.360 e. The lowest BCUT2D eigenvalue weighted by Gasteiger charge is -2.49. The van der Waals surface area contributed by atoms with Crippen molar-refractivity contribution in [1.82, 2.24) is 5.32 Å². The number of morpholine rings is 1. The molecule has 2 saturated heterocycles. The highest BCUT2D eigenvalue weighted by Crippen LogP contribution is 2.50. The van der Waals surface area contributed by atoms with Crippen LogP contribution in [-0.2, 0) is 20.8 Å². The summed E-state index contributed by atoms with van der Waals surface area (Å²) in [7, 11) is 0. The molecule has 4 heteroatoms. The van der Waals surface area contributed by atoms with Crippen LogP contribution >= 0.6 is 0 Å². The van der Waals surface area contributed by atoms with E-state index in [-0.39, 0.29) is 6.61 Å². The first-order chi connectivity index (χ1) is 10.6. The van der Waals surface area contributed by atoms with Gasteiger partial charge in [0.2, 0.25) is 5.79 Å². The minimum Gasteiger partial charge on any atom is -0.360 e. The monoisotopic (exact) mass is 297 g/mol. The average Bonchev–Trinajstić information content (AvgIpc) is 2.89. The van der Waals surface area contributed by atoms with Crippen molar-refractivity contribution >= 4 is 0 Å². The lowest BCUT2D eigenvalue weighted by atomic mass is 9.77. The number of rotatable bonds is 2. The zero-order valence-electron chi connectivity index (χ0n) is 12.5. The Labute approximate surface area is 129 Å². The predicted octanol–water partition coefficient (Wildman–Crippen LogP) is 2.09. The summed E-state index contributed by atoms with van der Waals surface area (Å²) in [5.74, 6) is -1.48. The zero-order chi connectivity index (χ0) is 15.3. The summed E-state index contributed by atoms with van der Waals surface area (Å²) in [6.07, 6.45) is 0. The maximum atomic E-state index is 11.5. The number of nitrogens with one attached hydrogen (secondary N) is 1. The highest BCUT2D eigenvalue weighted by Gasteiger charge is 2.65. The maximum absolute atomic E-state index is 11.5. The lowest BCUT2D eigenvalue weighted by molar-refractivity contribution is -0.292. The van der Waals surface area contributed by atoms with Crippen LogP contribution in [0.2, 0.25) is 0 Å². The standard InChI is InChI=1S/C18H19NO3/c1-16-12-22-18(20,15-10-6-3-7-11-15)17(19-16,13-21-16)14-8-4-2-5-9-14/h2-11,19-20H,12-13H2,1H3/t16-,17-,18+/m0/s1. The van der Waals surface area contributed by atoms with Gasteiger partial charge in [0.15, 0.2) is 0 Å². The molecule has 2 N–H and O–H groups in total. The van der Waals surface area contributed by atoms with Gasteiger partial charge < -0.3 is 14.6 Å². The van der Waals surface area contributed by atoms with Crippen LogP contribution in [0.3, 0.4) is 0 Å². The molecule has 0 amide bonds. The van der Waals surface area contributed by atoms with Gasteiger partial charge in [-0.2, -0.15) is 0 Å². The van der Waals surface area contributed by atoms with Crippen LogP contribution in [0, 0.1) is 0 Å². The van der Waals surface area contributed by atoms with Crippen molar-refractivity contribution in [1.29, 1.82) is 0 Å². The Bertz CT molecular complexity index is 677. The molecule has 114 valence electrons. The Morgan fingerprint density at radius 2 is 1.45 bits per heavy atom. The third-order valence-electron chi connectivity index (χ3n) is 4.65. The van der Waals surface area contributed by atoms with Crippen molar-refractivity contribution in [3.05, 3.63) is 71.8 Å². The van der Waals surface area contributed by atoms with Crippen LogP contribution in [0.1, 0.15) is 18.1 Å². The lowest BCUT2D eigenvalue weighted by Crippen LogP contribution is -2.67. The molecule has 2 fully saturated rings. The highest BCUT2D eigenvalue weighted by atomic mass is 16.7. The molecule has 22 heavy (non-hydrogen) atoms. The molecule has 2 aliphatic heterocycles. The fraction of sp³-hybridized carbons (Fsp3) is 0.333. The van der Waals surface area contributed by atoms with Crippen LogP contribution in [0.25, 0.3) is 0 Å². The van der Waals surface area contributed by atoms with Gasteiger partial charge in [-0.25, -0.2) is 0 Å². The molecule has 2 aromatic carbocycles. The van der Waals surface area contributed by atoms with Gasteiger partial charge in [-0.05, 0) is 12.5 Å². The number of fused-ring (bicyclic) bond motifs is 2. The van der Waals surface area contributed by atoms with Gasteiger partial charge in [-0.1, -0.05) is 60.7 Å². The molecule has 0 aliphatic carbocycles. The van der Waals surface area contributed by atoms with Crippen molar-refractivity contribution in [2.75, 3.05) is 13.2 Å². The molecule has 4 rings (SSSR count). The smallest absolute Gasteiger partial charge is 0.218 e. The molecular weight excluding hydrogens is 278 g/mol. The summed E-state index contributed by atoms with van der Waals surface area (Å²) >= 11 is 0. The van der Waals surface area contributed by atoms with Gasteiger partial charge in [-0.15, -0.1) is 0 Å². The average molecular weight is 297 g/mol. The minimum atomic E-state index is -1.48. The van der Waals surface area contributed by atoms with Crippen LogP contribution < -0.4 is 5.32 Å². The zero-order valence-corrected chi connectivity index (χ0v) is 12.5. The molecule has 0 radical (unpaired) electrons. The third-order valence-corrected chi connectivity index (χ3v) is 4.65. The van der Waals surface area contributed by atoms with E-state index in [9.17, 15) is 5.11 Å². The Kier molecular flexibility index (Phi) is 2.93. The van der Waals surface area contributed by atoms with E-state index >= 15 is 0 Å². The quantitative estimate of drug-likeness (QED) is 0.891. The molecule has 4 nitrogen and oxygen atoms in total. The Balaban J connectivity index is 1.91.